The van der Waals surface area contributed by atoms with Crippen LogP contribution >= 0.6 is 11.3 Å². The molecular weight excluding hydrogens is 162 g/mol. The highest BCUT2D eigenvalue weighted by atomic mass is 32.1. The number of anilines is 1. The zero-order valence-corrected chi connectivity index (χ0v) is 6.63. The van der Waals surface area contributed by atoms with Crippen LogP contribution in [0.25, 0.3) is 0 Å². The topological polar surface area (TPSA) is 29.5 Å². The van der Waals surface area contributed by atoms with Crippen LogP contribution in [0.1, 0.15) is 6.42 Å². The van der Waals surface area contributed by atoms with Crippen LogP contribution in [0, 0.1) is 0 Å². The van der Waals surface area contributed by atoms with Gasteiger partial charge in [0.05, 0.1) is 13.0 Å². The molecule has 1 aromatic rings. The molecule has 0 aliphatic carbocycles. The lowest BCUT2D eigenvalue weighted by Gasteiger charge is -2.09. The van der Waals surface area contributed by atoms with Crippen molar-refractivity contribution in [1.82, 2.24) is 0 Å². The number of thiophene rings is 1. The van der Waals surface area contributed by atoms with Crippen molar-refractivity contribution in [3.8, 4) is 0 Å². The molecular formula is C7H7NO2S. The number of carbonyl (C=O) groups excluding carboxylic acids is 1. The van der Waals surface area contributed by atoms with Gasteiger partial charge in [-0.15, -0.1) is 11.3 Å². The Balaban J connectivity index is 2.23. The summed E-state index contributed by atoms with van der Waals surface area (Å²) in [6.07, 6.45) is 0.498. The number of nitrogens with zero attached hydrogens (tertiary/aromatic N) is 1. The lowest BCUT2D eigenvalue weighted by Crippen LogP contribution is -2.20. The van der Waals surface area contributed by atoms with E-state index in [9.17, 15) is 4.79 Å². The van der Waals surface area contributed by atoms with Gasteiger partial charge in [-0.3, -0.25) is 9.63 Å². The van der Waals surface area contributed by atoms with E-state index < -0.39 is 0 Å². The number of amides is 1. The highest BCUT2D eigenvalue weighted by Crippen LogP contribution is 2.24. The molecule has 11 heavy (non-hydrogen) atoms. The van der Waals surface area contributed by atoms with Gasteiger partial charge in [0.25, 0.3) is 5.91 Å². The summed E-state index contributed by atoms with van der Waals surface area (Å²) >= 11 is 1.50. The van der Waals surface area contributed by atoms with Crippen LogP contribution in [0.2, 0.25) is 0 Å². The summed E-state index contributed by atoms with van der Waals surface area (Å²) in [5.74, 6) is 0.0486. The van der Waals surface area contributed by atoms with E-state index >= 15 is 0 Å². The van der Waals surface area contributed by atoms with Crippen LogP contribution in [-0.2, 0) is 9.63 Å². The molecule has 4 heteroatoms. The monoisotopic (exact) mass is 169 g/mol. The number of hydroxylamine groups is 1. The fraction of sp³-hybridized carbons (Fsp3) is 0.286. The first-order valence-corrected chi connectivity index (χ1v) is 4.25. The molecule has 0 radical (unpaired) electrons. The molecule has 0 aromatic carbocycles. The predicted octanol–water partition coefficient (Wildman–Crippen LogP) is 1.42. The summed E-state index contributed by atoms with van der Waals surface area (Å²) in [6.45, 7) is 0.511. The first-order chi connectivity index (χ1) is 5.38. The fourth-order valence-corrected chi connectivity index (χ4v) is 1.67. The van der Waals surface area contributed by atoms with Crippen molar-refractivity contribution in [2.24, 2.45) is 0 Å². The van der Waals surface area contributed by atoms with Crippen LogP contribution in [0.3, 0.4) is 0 Å². The highest BCUT2D eigenvalue weighted by molar-refractivity contribution is 7.14. The Morgan fingerprint density at radius 1 is 1.64 bits per heavy atom. The van der Waals surface area contributed by atoms with E-state index in [1.54, 1.807) is 0 Å². The van der Waals surface area contributed by atoms with E-state index in [4.69, 9.17) is 4.84 Å². The van der Waals surface area contributed by atoms with Crippen LogP contribution < -0.4 is 5.06 Å². The minimum absolute atomic E-state index is 0.0486. The molecule has 1 aliphatic rings. The van der Waals surface area contributed by atoms with Gasteiger partial charge in [0.1, 0.15) is 5.00 Å². The quantitative estimate of drug-likeness (QED) is 0.636. The molecule has 0 bridgehead atoms. The largest absolute Gasteiger partial charge is 0.272 e. The van der Waals surface area contributed by atoms with Gasteiger partial charge in [-0.05, 0) is 17.5 Å². The third-order valence-electron chi connectivity index (χ3n) is 1.47. The summed E-state index contributed by atoms with van der Waals surface area (Å²) in [5.41, 5.74) is 0. The Kier molecular flexibility index (Phi) is 1.63. The Morgan fingerprint density at radius 3 is 3.09 bits per heavy atom. The molecule has 58 valence electrons. The molecule has 1 saturated heterocycles. The van der Waals surface area contributed by atoms with Crippen molar-refractivity contribution in [2.45, 2.75) is 6.42 Å². The molecule has 3 nitrogen and oxygen atoms in total. The number of hydrogen-bond acceptors (Lipinski definition) is 3. The van der Waals surface area contributed by atoms with Gasteiger partial charge >= 0.3 is 0 Å². The SMILES string of the molecule is O=C1CCON1c1cccs1. The van der Waals surface area contributed by atoms with Crippen LogP contribution in [0.15, 0.2) is 17.5 Å². The summed E-state index contributed by atoms with van der Waals surface area (Å²) < 4.78 is 0. The number of carbonyl (C=O) groups is 1. The second-order valence-corrected chi connectivity index (χ2v) is 3.15. The zero-order chi connectivity index (χ0) is 7.68. The molecule has 2 rings (SSSR count). The number of rotatable bonds is 1. The average molecular weight is 169 g/mol. The maximum atomic E-state index is 11.1. The van der Waals surface area contributed by atoms with Gasteiger partial charge in [-0.2, -0.15) is 5.06 Å². The molecule has 1 fully saturated rings. The summed E-state index contributed by atoms with van der Waals surface area (Å²) in [6, 6.07) is 3.77. The molecule has 0 spiro atoms. The Labute approximate surface area is 68.1 Å². The lowest BCUT2D eigenvalue weighted by atomic mass is 10.4. The molecule has 0 atom stereocenters. The molecule has 0 unspecified atom stereocenters. The second-order valence-electron chi connectivity index (χ2n) is 2.22. The second kappa shape index (κ2) is 2.64. The normalized spacial score (nSPS) is 17.8. The molecule has 0 saturated carbocycles. The minimum Gasteiger partial charge on any atom is -0.272 e. The zero-order valence-electron chi connectivity index (χ0n) is 5.82. The van der Waals surface area contributed by atoms with E-state index in [2.05, 4.69) is 0 Å². The fourth-order valence-electron chi connectivity index (χ4n) is 0.970. The van der Waals surface area contributed by atoms with Crippen LogP contribution in [0.4, 0.5) is 5.00 Å². The van der Waals surface area contributed by atoms with E-state index in [0.29, 0.717) is 13.0 Å². The molecule has 1 aliphatic heterocycles. The van der Waals surface area contributed by atoms with E-state index in [-0.39, 0.29) is 5.91 Å². The summed E-state index contributed by atoms with van der Waals surface area (Å²) in [5, 5.41) is 4.15. The smallest absolute Gasteiger partial charge is 0.254 e. The van der Waals surface area contributed by atoms with Crippen molar-refractivity contribution in [3.63, 3.8) is 0 Å². The minimum atomic E-state index is 0.0486. The van der Waals surface area contributed by atoms with E-state index in [0.717, 1.165) is 5.00 Å². The molecule has 0 N–H and O–H groups in total. The van der Waals surface area contributed by atoms with Crippen LogP contribution in [-0.4, -0.2) is 12.5 Å². The van der Waals surface area contributed by atoms with Gasteiger partial charge in [-0.1, -0.05) is 0 Å². The third kappa shape index (κ3) is 1.15. The van der Waals surface area contributed by atoms with Crippen molar-refractivity contribution in [3.05, 3.63) is 17.5 Å². The maximum Gasteiger partial charge on any atom is 0.254 e. The Hall–Kier alpha value is -0.870. The van der Waals surface area contributed by atoms with Gasteiger partial charge < -0.3 is 0 Å². The maximum absolute atomic E-state index is 11.1. The highest BCUT2D eigenvalue weighted by Gasteiger charge is 2.23. The first-order valence-electron chi connectivity index (χ1n) is 3.37. The van der Waals surface area contributed by atoms with Crippen molar-refractivity contribution in [1.29, 1.82) is 0 Å². The first kappa shape index (κ1) is 6.82. The lowest BCUT2D eigenvalue weighted by molar-refractivity contribution is -0.119. The van der Waals surface area contributed by atoms with Gasteiger partial charge in [0.2, 0.25) is 0 Å². The van der Waals surface area contributed by atoms with E-state index in [1.165, 1.54) is 16.4 Å². The standard InChI is InChI=1S/C7H7NO2S/c9-6-3-4-10-8(6)7-2-1-5-11-7/h1-2,5H,3-4H2. The molecule has 1 amide bonds. The number of hydrogen-bond donors (Lipinski definition) is 0. The van der Waals surface area contributed by atoms with Crippen LogP contribution in [0.5, 0.6) is 0 Å². The average Bonchev–Trinajstić information content (AvgIpc) is 2.55. The van der Waals surface area contributed by atoms with Gasteiger partial charge in [0.15, 0.2) is 0 Å². The third-order valence-corrected chi connectivity index (χ3v) is 2.31. The predicted molar refractivity (Wildman–Crippen MR) is 42.4 cm³/mol. The summed E-state index contributed by atoms with van der Waals surface area (Å²) in [7, 11) is 0. The van der Waals surface area contributed by atoms with Crippen molar-refractivity contribution in [2.75, 3.05) is 11.7 Å². The van der Waals surface area contributed by atoms with Gasteiger partial charge in [0, 0.05) is 0 Å². The van der Waals surface area contributed by atoms with E-state index in [1.807, 2.05) is 17.5 Å². The summed E-state index contributed by atoms with van der Waals surface area (Å²) in [4.78, 5) is 16.2. The molecule has 2 heterocycles. The van der Waals surface area contributed by atoms with Gasteiger partial charge in [-0.25, -0.2) is 0 Å². The molecule has 1 aromatic heterocycles. The Morgan fingerprint density at radius 2 is 2.55 bits per heavy atom. The Bertz CT molecular complexity index is 257. The van der Waals surface area contributed by atoms with Crippen molar-refractivity contribution >= 4 is 22.2 Å². The van der Waals surface area contributed by atoms with Crippen molar-refractivity contribution < 1.29 is 9.63 Å².